The molecule has 1 N–H and O–H groups in total. The summed E-state index contributed by atoms with van der Waals surface area (Å²) in [4.78, 5) is 17.1. The van der Waals surface area contributed by atoms with E-state index in [4.69, 9.17) is 20.8 Å². The number of halogens is 1. The lowest BCUT2D eigenvalue weighted by molar-refractivity contribution is 0.102. The number of amides is 1. The lowest BCUT2D eigenvalue weighted by Gasteiger charge is -2.09. The van der Waals surface area contributed by atoms with E-state index < -0.39 is 0 Å². The quantitative estimate of drug-likeness (QED) is 0.384. The number of hydrogen-bond donors (Lipinski definition) is 1. The first-order valence-corrected chi connectivity index (χ1v) is 10.5. The van der Waals surface area contributed by atoms with Gasteiger partial charge in [-0.1, -0.05) is 23.7 Å². The number of hydrogen-bond acceptors (Lipinski definition) is 4. The van der Waals surface area contributed by atoms with E-state index in [1.165, 1.54) is 11.1 Å². The van der Waals surface area contributed by atoms with Gasteiger partial charge in [-0.3, -0.25) is 4.79 Å². The second kappa shape index (κ2) is 8.82. The van der Waals surface area contributed by atoms with Crippen LogP contribution in [0, 0.1) is 13.8 Å². The number of nitrogens with one attached hydrogen (secondary N) is 1. The van der Waals surface area contributed by atoms with Crippen LogP contribution >= 0.6 is 11.6 Å². The van der Waals surface area contributed by atoms with Gasteiger partial charge in [0, 0.05) is 17.7 Å². The SMILES string of the molecule is CCOc1ccc(C(=O)Nc2ccc(Cc3nc4cc(C)c(C)cc4o3)cc2)cc1Cl. The molecular weight excluding hydrogens is 412 g/mol. The average molecular weight is 435 g/mol. The van der Waals surface area contributed by atoms with Gasteiger partial charge in [0.15, 0.2) is 11.5 Å². The molecule has 0 radical (unpaired) electrons. The Kier molecular flexibility index (Phi) is 5.96. The Hall–Kier alpha value is -3.31. The van der Waals surface area contributed by atoms with Crippen molar-refractivity contribution in [3.63, 3.8) is 0 Å². The van der Waals surface area contributed by atoms with Crippen molar-refractivity contribution in [2.75, 3.05) is 11.9 Å². The van der Waals surface area contributed by atoms with Crippen LogP contribution in [0.4, 0.5) is 5.69 Å². The first kappa shape index (κ1) is 20.9. The van der Waals surface area contributed by atoms with Crippen molar-refractivity contribution < 1.29 is 13.9 Å². The van der Waals surface area contributed by atoms with E-state index in [2.05, 4.69) is 24.1 Å². The van der Waals surface area contributed by atoms with Gasteiger partial charge >= 0.3 is 0 Å². The number of aromatic nitrogens is 1. The van der Waals surface area contributed by atoms with E-state index in [0.717, 1.165) is 16.7 Å². The van der Waals surface area contributed by atoms with Crippen molar-refractivity contribution in [1.82, 2.24) is 4.98 Å². The van der Waals surface area contributed by atoms with E-state index in [1.807, 2.05) is 43.3 Å². The molecule has 0 unspecified atom stereocenters. The van der Waals surface area contributed by atoms with Crippen LogP contribution in [0.15, 0.2) is 59.0 Å². The number of nitrogens with zero attached hydrogens (tertiary/aromatic N) is 1. The Labute approximate surface area is 186 Å². The molecule has 0 saturated heterocycles. The van der Waals surface area contributed by atoms with Crippen LogP contribution in [0.2, 0.25) is 5.02 Å². The maximum atomic E-state index is 12.5. The van der Waals surface area contributed by atoms with Crippen LogP contribution < -0.4 is 10.1 Å². The number of fused-ring (bicyclic) bond motifs is 1. The molecule has 0 aliphatic rings. The highest BCUT2D eigenvalue weighted by Crippen LogP contribution is 2.26. The minimum Gasteiger partial charge on any atom is -0.492 e. The molecule has 1 aromatic heterocycles. The van der Waals surface area contributed by atoms with Gasteiger partial charge < -0.3 is 14.5 Å². The summed E-state index contributed by atoms with van der Waals surface area (Å²) in [7, 11) is 0. The van der Waals surface area contributed by atoms with Crippen molar-refractivity contribution in [2.24, 2.45) is 0 Å². The molecule has 6 heteroatoms. The number of anilines is 1. The van der Waals surface area contributed by atoms with Gasteiger partial charge in [0.25, 0.3) is 5.91 Å². The van der Waals surface area contributed by atoms with Gasteiger partial charge in [0.2, 0.25) is 0 Å². The Morgan fingerprint density at radius 3 is 2.52 bits per heavy atom. The smallest absolute Gasteiger partial charge is 0.255 e. The molecule has 3 aromatic carbocycles. The van der Waals surface area contributed by atoms with Gasteiger partial charge in [-0.2, -0.15) is 0 Å². The summed E-state index contributed by atoms with van der Waals surface area (Å²) >= 11 is 6.18. The van der Waals surface area contributed by atoms with Gasteiger partial charge in [-0.05, 0) is 79.9 Å². The molecule has 0 saturated carbocycles. The zero-order chi connectivity index (χ0) is 22.0. The molecular formula is C25H23ClN2O3. The summed E-state index contributed by atoms with van der Waals surface area (Å²) < 4.78 is 11.3. The predicted molar refractivity (Wildman–Crippen MR) is 123 cm³/mol. The van der Waals surface area contributed by atoms with Crippen LogP contribution in [0.5, 0.6) is 5.75 Å². The van der Waals surface area contributed by atoms with Crippen molar-refractivity contribution in [3.05, 3.63) is 87.8 Å². The monoisotopic (exact) mass is 434 g/mol. The third kappa shape index (κ3) is 4.72. The summed E-state index contributed by atoms with van der Waals surface area (Å²) in [6, 6.07) is 16.7. The number of ether oxygens (including phenoxy) is 1. The molecule has 0 fully saturated rings. The maximum absolute atomic E-state index is 12.5. The van der Waals surface area contributed by atoms with E-state index in [9.17, 15) is 4.79 Å². The first-order chi connectivity index (χ1) is 14.9. The Bertz CT molecular complexity index is 1210. The molecule has 0 spiro atoms. The molecule has 0 bridgehead atoms. The second-order valence-corrected chi connectivity index (χ2v) is 7.83. The number of oxazole rings is 1. The van der Waals surface area contributed by atoms with Gasteiger partial charge in [0.05, 0.1) is 11.6 Å². The Morgan fingerprint density at radius 1 is 1.06 bits per heavy atom. The minimum atomic E-state index is -0.234. The van der Waals surface area contributed by atoms with Crippen LogP contribution in [-0.2, 0) is 6.42 Å². The zero-order valence-corrected chi connectivity index (χ0v) is 18.4. The predicted octanol–water partition coefficient (Wildman–Crippen LogP) is 6.34. The minimum absolute atomic E-state index is 0.234. The highest BCUT2D eigenvalue weighted by atomic mass is 35.5. The number of aryl methyl sites for hydroxylation is 2. The largest absolute Gasteiger partial charge is 0.492 e. The zero-order valence-electron chi connectivity index (χ0n) is 17.7. The number of rotatable bonds is 6. The van der Waals surface area contributed by atoms with E-state index in [1.54, 1.807) is 18.2 Å². The van der Waals surface area contributed by atoms with Gasteiger partial charge in [-0.15, -0.1) is 0 Å². The first-order valence-electron chi connectivity index (χ1n) is 10.1. The molecule has 31 heavy (non-hydrogen) atoms. The summed E-state index contributed by atoms with van der Waals surface area (Å²) in [5.74, 6) is 0.998. The number of carbonyl (C=O) groups is 1. The Balaban J connectivity index is 1.43. The summed E-state index contributed by atoms with van der Waals surface area (Å²) in [6.45, 7) is 6.52. The molecule has 1 amide bonds. The molecule has 4 aromatic rings. The molecule has 0 aliphatic heterocycles. The van der Waals surface area contributed by atoms with Crippen LogP contribution in [0.3, 0.4) is 0 Å². The number of benzene rings is 3. The van der Waals surface area contributed by atoms with Crippen molar-refractivity contribution in [3.8, 4) is 5.75 Å². The normalized spacial score (nSPS) is 11.0. The highest BCUT2D eigenvalue weighted by molar-refractivity contribution is 6.32. The summed E-state index contributed by atoms with van der Waals surface area (Å²) in [6.07, 6.45) is 0.579. The Morgan fingerprint density at radius 2 is 1.81 bits per heavy atom. The molecule has 4 rings (SSSR count). The number of carbonyl (C=O) groups excluding carboxylic acids is 1. The summed E-state index contributed by atoms with van der Waals surface area (Å²) in [5.41, 5.74) is 6.26. The average Bonchev–Trinajstić information content (AvgIpc) is 3.12. The summed E-state index contributed by atoms with van der Waals surface area (Å²) in [5, 5.41) is 3.30. The lowest BCUT2D eigenvalue weighted by Crippen LogP contribution is -2.12. The van der Waals surface area contributed by atoms with Crippen molar-refractivity contribution in [2.45, 2.75) is 27.2 Å². The second-order valence-electron chi connectivity index (χ2n) is 7.42. The molecule has 0 aliphatic carbocycles. The molecule has 5 nitrogen and oxygen atoms in total. The van der Waals surface area contributed by atoms with E-state index >= 15 is 0 Å². The fourth-order valence-corrected chi connectivity index (χ4v) is 3.54. The van der Waals surface area contributed by atoms with E-state index in [0.29, 0.717) is 40.9 Å². The molecule has 0 atom stereocenters. The van der Waals surface area contributed by atoms with Crippen molar-refractivity contribution >= 4 is 34.3 Å². The fraction of sp³-hybridized carbons (Fsp3) is 0.200. The maximum Gasteiger partial charge on any atom is 0.255 e. The van der Waals surface area contributed by atoms with Crippen LogP contribution in [0.1, 0.15) is 39.9 Å². The van der Waals surface area contributed by atoms with Crippen LogP contribution in [-0.4, -0.2) is 17.5 Å². The van der Waals surface area contributed by atoms with Gasteiger partial charge in [-0.25, -0.2) is 4.98 Å². The van der Waals surface area contributed by atoms with E-state index in [-0.39, 0.29) is 5.91 Å². The third-order valence-electron chi connectivity index (χ3n) is 5.11. The van der Waals surface area contributed by atoms with Crippen LogP contribution in [0.25, 0.3) is 11.1 Å². The molecule has 158 valence electrons. The fourth-order valence-electron chi connectivity index (χ4n) is 3.30. The van der Waals surface area contributed by atoms with Gasteiger partial charge in [0.1, 0.15) is 11.3 Å². The standard InChI is InChI=1S/C25H23ClN2O3/c1-4-30-22-10-7-18(14-20(22)26)25(29)27-19-8-5-17(6-9-19)13-24-28-21-11-15(2)16(3)12-23(21)31-24/h5-12,14H,4,13H2,1-3H3,(H,27,29). The topological polar surface area (TPSA) is 64.4 Å². The molecule has 1 heterocycles. The lowest BCUT2D eigenvalue weighted by atomic mass is 10.1. The third-order valence-corrected chi connectivity index (χ3v) is 5.40. The van der Waals surface area contributed by atoms with Crippen molar-refractivity contribution in [1.29, 1.82) is 0 Å². The highest BCUT2D eigenvalue weighted by Gasteiger charge is 2.11.